The molecule has 1 saturated heterocycles. The molecule has 0 aromatic heterocycles. The molecule has 0 spiro atoms. The van der Waals surface area contributed by atoms with Crippen LogP contribution >= 0.6 is 11.6 Å². The normalized spacial score (nSPS) is 17.2. The summed E-state index contributed by atoms with van der Waals surface area (Å²) in [6.45, 7) is 1.06. The molecule has 202 valence electrons. The van der Waals surface area contributed by atoms with Crippen LogP contribution in [-0.2, 0) is 25.5 Å². The molecule has 0 aliphatic carbocycles. The Balaban J connectivity index is 1.46. The lowest BCUT2D eigenvalue weighted by Crippen LogP contribution is -2.40. The van der Waals surface area contributed by atoms with Gasteiger partial charge in [-0.25, -0.2) is 4.39 Å². The number of esters is 1. The van der Waals surface area contributed by atoms with E-state index < -0.39 is 23.6 Å². The zero-order valence-corrected chi connectivity index (χ0v) is 22.5. The Morgan fingerprint density at radius 3 is 2.39 bits per heavy atom. The van der Waals surface area contributed by atoms with E-state index in [4.69, 9.17) is 11.6 Å². The first-order valence-electron chi connectivity index (χ1n) is 12.5. The predicted octanol–water partition coefficient (Wildman–Crippen LogP) is 3.31. The van der Waals surface area contributed by atoms with E-state index in [0.717, 1.165) is 29.7 Å². The van der Waals surface area contributed by atoms with Crippen molar-refractivity contribution >= 4 is 40.9 Å². The Morgan fingerprint density at radius 2 is 1.76 bits per heavy atom. The molecule has 10 heteroatoms. The van der Waals surface area contributed by atoms with Gasteiger partial charge in [0.15, 0.2) is 0 Å². The number of benzene rings is 2. The first-order valence-corrected chi connectivity index (χ1v) is 12.9. The molecule has 1 fully saturated rings. The molecule has 0 bridgehead atoms. The van der Waals surface area contributed by atoms with E-state index in [1.165, 1.54) is 26.3 Å². The number of rotatable bonds is 7. The highest BCUT2D eigenvalue weighted by molar-refractivity contribution is 6.39. The van der Waals surface area contributed by atoms with Crippen LogP contribution in [0.2, 0.25) is 5.02 Å². The number of fused-ring (bicyclic) bond motifs is 1. The largest absolute Gasteiger partial charge is 0.468 e. The molecular formula is C28H31ClFN3O5. The summed E-state index contributed by atoms with van der Waals surface area (Å²) >= 11 is 6.53. The van der Waals surface area contributed by atoms with Crippen molar-refractivity contribution in [2.45, 2.75) is 25.2 Å². The predicted molar refractivity (Wildman–Crippen MR) is 141 cm³/mol. The number of methoxy groups -OCH3 is 1. The monoisotopic (exact) mass is 543 g/mol. The van der Waals surface area contributed by atoms with Gasteiger partial charge in [0, 0.05) is 39.4 Å². The van der Waals surface area contributed by atoms with Crippen molar-refractivity contribution in [1.29, 1.82) is 0 Å². The average Bonchev–Trinajstić information content (AvgIpc) is 3.23. The Hall–Kier alpha value is -3.46. The second kappa shape index (κ2) is 11.5. The highest BCUT2D eigenvalue weighted by atomic mass is 35.5. The molecule has 4 rings (SSSR count). The number of likely N-dealkylation sites (N-methyl/N-ethyl adjacent to an activating group) is 2. The number of halogens is 2. The number of carbonyl (C=O) groups excluding carboxylic acids is 4. The molecule has 38 heavy (non-hydrogen) atoms. The number of hydrogen-bond donors (Lipinski definition) is 0. The number of anilines is 1. The maximum absolute atomic E-state index is 13.5. The molecule has 0 saturated carbocycles. The van der Waals surface area contributed by atoms with Gasteiger partial charge in [0.1, 0.15) is 12.4 Å². The minimum absolute atomic E-state index is 0.215. The summed E-state index contributed by atoms with van der Waals surface area (Å²) in [5.74, 6) is -2.95. The van der Waals surface area contributed by atoms with Crippen molar-refractivity contribution in [3.05, 3.63) is 63.9 Å². The number of ether oxygens (including phenoxy) is 1. The van der Waals surface area contributed by atoms with Gasteiger partial charge in [-0.3, -0.25) is 19.2 Å². The van der Waals surface area contributed by atoms with E-state index in [9.17, 15) is 23.6 Å². The third kappa shape index (κ3) is 5.83. The fourth-order valence-corrected chi connectivity index (χ4v) is 5.42. The zero-order valence-electron chi connectivity index (χ0n) is 21.7. The highest BCUT2D eigenvalue weighted by Gasteiger charge is 2.38. The van der Waals surface area contributed by atoms with Crippen LogP contribution in [0, 0.1) is 11.7 Å². The quantitative estimate of drug-likeness (QED) is 0.393. The third-order valence-corrected chi connectivity index (χ3v) is 7.71. The van der Waals surface area contributed by atoms with Crippen LogP contribution < -0.4 is 4.90 Å². The number of carbonyl (C=O) groups is 4. The van der Waals surface area contributed by atoms with Crippen molar-refractivity contribution in [1.82, 2.24) is 9.80 Å². The van der Waals surface area contributed by atoms with Gasteiger partial charge in [0.2, 0.25) is 5.78 Å². The van der Waals surface area contributed by atoms with E-state index >= 15 is 0 Å². The van der Waals surface area contributed by atoms with Crippen LogP contribution in [0.1, 0.15) is 40.2 Å². The van der Waals surface area contributed by atoms with E-state index in [1.807, 2.05) is 4.90 Å². The van der Waals surface area contributed by atoms with Crippen LogP contribution in [0.4, 0.5) is 10.1 Å². The smallest absolute Gasteiger partial charge is 0.325 e. The van der Waals surface area contributed by atoms with E-state index in [-0.39, 0.29) is 29.8 Å². The molecule has 0 N–H and O–H groups in total. The molecule has 1 atom stereocenters. The molecule has 2 aromatic rings. The Labute approximate surface area is 226 Å². The number of amides is 2. The van der Waals surface area contributed by atoms with Gasteiger partial charge in [-0.2, -0.15) is 0 Å². The number of nitrogens with zero attached hydrogens (tertiary/aromatic N) is 3. The third-order valence-electron chi connectivity index (χ3n) is 7.40. The minimum Gasteiger partial charge on any atom is -0.468 e. The van der Waals surface area contributed by atoms with Gasteiger partial charge in [-0.15, -0.1) is 0 Å². The highest BCUT2D eigenvalue weighted by Crippen LogP contribution is 2.40. The number of likely N-dealkylation sites (tertiary alicyclic amines) is 1. The summed E-state index contributed by atoms with van der Waals surface area (Å²) in [7, 11) is 4.37. The molecule has 2 aliphatic rings. The second-order valence-electron chi connectivity index (χ2n) is 9.99. The standard InChI is InChI=1S/C28H31ClFN3O5/c1-31-15-22(26(35)28(37)32(2)16-25(34)38-3)20-13-21(23(29)14-24(20)31)27(36)33-10-8-18(9-11-33)12-17-4-6-19(30)7-5-17/h4-7,13-14,18,22H,8-12,15-16H2,1-3H3. The van der Waals surface area contributed by atoms with Crippen molar-refractivity contribution in [3.8, 4) is 0 Å². The first-order chi connectivity index (χ1) is 18.1. The van der Waals surface area contributed by atoms with Gasteiger partial charge in [0.25, 0.3) is 11.8 Å². The van der Waals surface area contributed by atoms with Crippen molar-refractivity contribution in [3.63, 3.8) is 0 Å². The topological polar surface area (TPSA) is 87.2 Å². The van der Waals surface area contributed by atoms with Gasteiger partial charge in [-0.1, -0.05) is 23.7 Å². The van der Waals surface area contributed by atoms with Gasteiger partial charge in [-0.05, 0) is 60.6 Å². The fraction of sp³-hybridized carbons (Fsp3) is 0.429. The lowest BCUT2D eigenvalue weighted by Gasteiger charge is -2.32. The van der Waals surface area contributed by atoms with Crippen molar-refractivity contribution in [2.24, 2.45) is 5.92 Å². The summed E-state index contributed by atoms with van der Waals surface area (Å²) in [5, 5.41) is 0.288. The Kier molecular flexibility index (Phi) is 8.35. The van der Waals surface area contributed by atoms with Crippen molar-refractivity contribution in [2.75, 3.05) is 52.3 Å². The van der Waals surface area contributed by atoms with Crippen LogP contribution in [0.15, 0.2) is 36.4 Å². The van der Waals surface area contributed by atoms with Crippen LogP contribution in [-0.4, -0.2) is 80.8 Å². The van der Waals surface area contributed by atoms with Gasteiger partial charge < -0.3 is 19.4 Å². The van der Waals surface area contributed by atoms with Crippen LogP contribution in [0.3, 0.4) is 0 Å². The molecule has 0 radical (unpaired) electrons. The van der Waals surface area contributed by atoms with Crippen LogP contribution in [0.25, 0.3) is 0 Å². The maximum Gasteiger partial charge on any atom is 0.325 e. The SMILES string of the molecule is COC(=O)CN(C)C(=O)C(=O)C1CN(C)c2cc(Cl)c(C(=O)N3CCC(Cc4ccc(F)cc4)CC3)cc21. The molecule has 2 aromatic carbocycles. The molecule has 1 unspecified atom stereocenters. The second-order valence-corrected chi connectivity index (χ2v) is 10.4. The molecule has 2 heterocycles. The maximum atomic E-state index is 13.5. The van der Waals surface area contributed by atoms with Gasteiger partial charge in [0.05, 0.1) is 23.6 Å². The lowest BCUT2D eigenvalue weighted by atomic mass is 9.89. The Morgan fingerprint density at radius 1 is 1.11 bits per heavy atom. The molecular weight excluding hydrogens is 513 g/mol. The number of ketones is 1. The number of piperidine rings is 1. The van der Waals surface area contributed by atoms with E-state index in [1.54, 1.807) is 36.2 Å². The minimum atomic E-state index is -0.798. The summed E-state index contributed by atoms with van der Waals surface area (Å²) in [4.78, 5) is 55.5. The molecule has 2 amide bonds. The van der Waals surface area contributed by atoms with E-state index in [0.29, 0.717) is 35.8 Å². The van der Waals surface area contributed by atoms with Gasteiger partial charge >= 0.3 is 5.97 Å². The number of Topliss-reactive ketones (excluding diaryl/α,β-unsaturated/α-hetero) is 1. The van der Waals surface area contributed by atoms with Crippen LogP contribution in [0.5, 0.6) is 0 Å². The summed E-state index contributed by atoms with van der Waals surface area (Å²) in [6, 6.07) is 9.81. The Bertz CT molecular complexity index is 1240. The molecule has 8 nitrogen and oxygen atoms in total. The molecule has 2 aliphatic heterocycles. The van der Waals surface area contributed by atoms with E-state index in [2.05, 4.69) is 4.74 Å². The average molecular weight is 544 g/mol. The zero-order chi connectivity index (χ0) is 27.6. The summed E-state index contributed by atoms with van der Waals surface area (Å²) in [5.41, 5.74) is 2.62. The summed E-state index contributed by atoms with van der Waals surface area (Å²) in [6.07, 6.45) is 2.46. The first kappa shape index (κ1) is 27.6. The summed E-state index contributed by atoms with van der Waals surface area (Å²) < 4.78 is 17.8. The van der Waals surface area contributed by atoms with Crippen molar-refractivity contribution < 1.29 is 28.3 Å². The number of hydrogen-bond acceptors (Lipinski definition) is 6. The fourth-order valence-electron chi connectivity index (χ4n) is 5.18. The lowest BCUT2D eigenvalue weighted by molar-refractivity contribution is -0.150.